The fourth-order valence-corrected chi connectivity index (χ4v) is 4.78. The fourth-order valence-electron chi connectivity index (χ4n) is 4.78. The number of carbonyl (C=O) groups excluding carboxylic acids is 2. The molecule has 2 heterocycles. The minimum absolute atomic E-state index is 0.107. The van der Waals surface area contributed by atoms with Crippen LogP contribution in [0.1, 0.15) is 60.9 Å². The van der Waals surface area contributed by atoms with Crippen molar-refractivity contribution in [2.45, 2.75) is 51.7 Å². The smallest absolute Gasteiger partial charge is 0.295 e. The van der Waals surface area contributed by atoms with Gasteiger partial charge < -0.3 is 19.5 Å². The van der Waals surface area contributed by atoms with Crippen LogP contribution in [0.15, 0.2) is 48.0 Å². The van der Waals surface area contributed by atoms with Gasteiger partial charge in [0.15, 0.2) is 0 Å². The molecule has 0 aliphatic carbocycles. The van der Waals surface area contributed by atoms with Crippen LogP contribution in [0.25, 0.3) is 5.76 Å². The van der Waals surface area contributed by atoms with Crippen LogP contribution in [0.4, 0.5) is 0 Å². The lowest BCUT2D eigenvalue weighted by Gasteiger charge is -2.27. The Morgan fingerprint density at radius 2 is 1.94 bits per heavy atom. The third-order valence-corrected chi connectivity index (χ3v) is 6.53. The van der Waals surface area contributed by atoms with Crippen molar-refractivity contribution in [1.82, 2.24) is 4.90 Å². The van der Waals surface area contributed by atoms with E-state index in [1.165, 1.54) is 0 Å². The predicted octanol–water partition coefficient (Wildman–Crippen LogP) is 4.73. The maximum Gasteiger partial charge on any atom is 0.295 e. The molecule has 0 spiro atoms. The van der Waals surface area contributed by atoms with Gasteiger partial charge in [0.05, 0.1) is 24.8 Å². The Labute approximate surface area is 194 Å². The van der Waals surface area contributed by atoms with Crippen molar-refractivity contribution >= 4 is 17.4 Å². The SMILES string of the molecule is COc1cc(C)c(/C(O)=C2\C(=O)C(=O)N(CC3CCCO3)C2c2ccccc2)cc1C(C)C. The summed E-state index contributed by atoms with van der Waals surface area (Å²) in [6.07, 6.45) is 1.68. The van der Waals surface area contributed by atoms with E-state index in [9.17, 15) is 14.7 Å². The van der Waals surface area contributed by atoms with E-state index in [1.807, 2.05) is 63.2 Å². The number of benzene rings is 2. The van der Waals surface area contributed by atoms with Crippen LogP contribution < -0.4 is 4.74 Å². The first kappa shape index (κ1) is 23.1. The van der Waals surface area contributed by atoms with E-state index in [0.717, 1.165) is 35.3 Å². The molecule has 2 aliphatic heterocycles. The van der Waals surface area contributed by atoms with E-state index in [-0.39, 0.29) is 23.4 Å². The quantitative estimate of drug-likeness (QED) is 0.392. The predicted molar refractivity (Wildman–Crippen MR) is 126 cm³/mol. The number of aliphatic hydroxyl groups excluding tert-OH is 1. The Balaban J connectivity index is 1.87. The summed E-state index contributed by atoms with van der Waals surface area (Å²) in [4.78, 5) is 28.0. The molecule has 2 unspecified atom stereocenters. The number of rotatable bonds is 6. The van der Waals surface area contributed by atoms with Crippen molar-refractivity contribution in [3.63, 3.8) is 0 Å². The Morgan fingerprint density at radius 3 is 2.55 bits per heavy atom. The standard InChI is InChI=1S/C27H31NO5/c1-16(2)20-14-21(17(3)13-22(20)32-4)25(29)23-24(18-9-6-5-7-10-18)28(27(31)26(23)30)15-19-11-8-12-33-19/h5-7,9-10,13-14,16,19,24,29H,8,11-12,15H2,1-4H3/b25-23+. The number of amides is 1. The first-order valence-electron chi connectivity index (χ1n) is 11.5. The van der Waals surface area contributed by atoms with E-state index >= 15 is 0 Å². The van der Waals surface area contributed by atoms with Crippen molar-refractivity contribution in [2.75, 3.05) is 20.3 Å². The van der Waals surface area contributed by atoms with Crippen LogP contribution >= 0.6 is 0 Å². The van der Waals surface area contributed by atoms with Gasteiger partial charge in [-0.15, -0.1) is 0 Å². The largest absolute Gasteiger partial charge is 0.507 e. The normalized spacial score (nSPS) is 22.4. The summed E-state index contributed by atoms with van der Waals surface area (Å²) in [6, 6.07) is 12.5. The number of aryl methyl sites for hydroxylation is 1. The first-order chi connectivity index (χ1) is 15.8. The number of ketones is 1. The lowest BCUT2D eigenvalue weighted by Crippen LogP contribution is -2.36. The molecule has 2 saturated heterocycles. The third kappa shape index (κ3) is 4.27. The number of Topliss-reactive ketones (excluding diaryl/α,β-unsaturated/α-hetero) is 1. The molecule has 4 rings (SSSR count). The van der Waals surface area contributed by atoms with Crippen LogP contribution in [0.3, 0.4) is 0 Å². The van der Waals surface area contributed by atoms with Gasteiger partial charge in [0, 0.05) is 18.7 Å². The molecular weight excluding hydrogens is 418 g/mol. The van der Waals surface area contributed by atoms with Gasteiger partial charge >= 0.3 is 0 Å². The van der Waals surface area contributed by atoms with Crippen LogP contribution in [-0.2, 0) is 14.3 Å². The average Bonchev–Trinajstić information content (AvgIpc) is 3.41. The molecule has 1 N–H and O–H groups in total. The summed E-state index contributed by atoms with van der Waals surface area (Å²) in [5, 5.41) is 11.5. The number of likely N-dealkylation sites (tertiary alicyclic amines) is 1. The number of carbonyl (C=O) groups is 2. The molecule has 2 aromatic carbocycles. The average molecular weight is 450 g/mol. The van der Waals surface area contributed by atoms with E-state index in [0.29, 0.717) is 18.7 Å². The molecule has 2 atom stereocenters. The number of hydrogen-bond acceptors (Lipinski definition) is 5. The Morgan fingerprint density at radius 1 is 1.21 bits per heavy atom. The summed E-state index contributed by atoms with van der Waals surface area (Å²) in [5.41, 5.74) is 3.13. The van der Waals surface area contributed by atoms with Crippen LogP contribution in [0.5, 0.6) is 5.75 Å². The first-order valence-corrected chi connectivity index (χ1v) is 11.5. The Hall–Kier alpha value is -3.12. The highest BCUT2D eigenvalue weighted by Crippen LogP contribution is 2.41. The van der Waals surface area contributed by atoms with E-state index < -0.39 is 17.7 Å². The molecular formula is C27H31NO5. The molecule has 33 heavy (non-hydrogen) atoms. The molecule has 174 valence electrons. The van der Waals surface area contributed by atoms with E-state index in [4.69, 9.17) is 9.47 Å². The summed E-state index contributed by atoms with van der Waals surface area (Å²) in [7, 11) is 1.62. The maximum absolute atomic E-state index is 13.3. The minimum Gasteiger partial charge on any atom is -0.507 e. The fraction of sp³-hybridized carbons (Fsp3) is 0.407. The molecule has 0 saturated carbocycles. The summed E-state index contributed by atoms with van der Waals surface area (Å²) >= 11 is 0. The number of hydrogen-bond donors (Lipinski definition) is 1. The van der Waals surface area contributed by atoms with E-state index in [2.05, 4.69) is 0 Å². The second-order valence-electron chi connectivity index (χ2n) is 9.06. The zero-order chi connectivity index (χ0) is 23.7. The maximum atomic E-state index is 13.3. The van der Waals surface area contributed by atoms with Crippen LogP contribution in [-0.4, -0.2) is 48.1 Å². The molecule has 6 nitrogen and oxygen atoms in total. The van der Waals surface area contributed by atoms with E-state index in [1.54, 1.807) is 12.0 Å². The van der Waals surface area contributed by atoms with Crippen molar-refractivity contribution in [1.29, 1.82) is 0 Å². The molecule has 0 bridgehead atoms. The monoisotopic (exact) mass is 449 g/mol. The van der Waals surface area contributed by atoms with Gasteiger partial charge in [-0.1, -0.05) is 44.2 Å². The van der Waals surface area contributed by atoms with Gasteiger partial charge in [0.2, 0.25) is 0 Å². The molecule has 2 aliphatic rings. The molecule has 6 heteroatoms. The van der Waals surface area contributed by atoms with Crippen molar-refractivity contribution in [3.8, 4) is 5.75 Å². The third-order valence-electron chi connectivity index (χ3n) is 6.53. The number of methoxy groups -OCH3 is 1. The minimum atomic E-state index is -0.667. The number of nitrogens with zero attached hydrogens (tertiary/aromatic N) is 1. The molecule has 2 aromatic rings. The second-order valence-corrected chi connectivity index (χ2v) is 9.06. The number of ether oxygens (including phenoxy) is 2. The Bertz CT molecular complexity index is 1080. The van der Waals surface area contributed by atoms with Gasteiger partial charge in [-0.05, 0) is 54.5 Å². The van der Waals surface area contributed by atoms with Crippen LogP contribution in [0, 0.1) is 6.92 Å². The lowest BCUT2D eigenvalue weighted by molar-refractivity contribution is -0.140. The van der Waals surface area contributed by atoms with Crippen molar-refractivity contribution in [2.24, 2.45) is 0 Å². The molecule has 0 aromatic heterocycles. The van der Waals surface area contributed by atoms with Gasteiger partial charge in [-0.3, -0.25) is 9.59 Å². The second kappa shape index (κ2) is 9.40. The van der Waals surface area contributed by atoms with Gasteiger partial charge in [0.1, 0.15) is 11.5 Å². The zero-order valence-electron chi connectivity index (χ0n) is 19.6. The van der Waals surface area contributed by atoms with Gasteiger partial charge in [-0.25, -0.2) is 0 Å². The van der Waals surface area contributed by atoms with Crippen LogP contribution in [0.2, 0.25) is 0 Å². The van der Waals surface area contributed by atoms with Crippen molar-refractivity contribution < 1.29 is 24.2 Å². The highest BCUT2D eigenvalue weighted by molar-refractivity contribution is 6.46. The number of aliphatic hydroxyl groups is 1. The molecule has 0 radical (unpaired) electrons. The van der Waals surface area contributed by atoms with Gasteiger partial charge in [0.25, 0.3) is 11.7 Å². The van der Waals surface area contributed by atoms with Gasteiger partial charge in [-0.2, -0.15) is 0 Å². The summed E-state index contributed by atoms with van der Waals surface area (Å²) in [6.45, 7) is 6.93. The zero-order valence-corrected chi connectivity index (χ0v) is 19.6. The highest BCUT2D eigenvalue weighted by atomic mass is 16.5. The topological polar surface area (TPSA) is 76.1 Å². The van der Waals surface area contributed by atoms with Crippen molar-refractivity contribution in [3.05, 3.63) is 70.3 Å². The lowest BCUT2D eigenvalue weighted by atomic mass is 9.91. The molecule has 1 amide bonds. The highest BCUT2D eigenvalue weighted by Gasteiger charge is 2.47. The Kier molecular flexibility index (Phi) is 6.56. The summed E-state index contributed by atoms with van der Waals surface area (Å²) < 4.78 is 11.3. The summed E-state index contributed by atoms with van der Waals surface area (Å²) in [5.74, 6) is -0.535. The molecule has 2 fully saturated rings.